The molecule has 0 unspecified atom stereocenters. The molecule has 5 heteroatoms. The van der Waals surface area contributed by atoms with Crippen LogP contribution in [-0.4, -0.2) is 24.9 Å². The molecular formula is C20H21ClN2O2. The summed E-state index contributed by atoms with van der Waals surface area (Å²) in [5.74, 6) is -0.388. The lowest BCUT2D eigenvalue weighted by molar-refractivity contribution is -0.126. The van der Waals surface area contributed by atoms with Gasteiger partial charge in [-0.3, -0.25) is 9.59 Å². The molecule has 4 nitrogen and oxygen atoms in total. The maximum absolute atomic E-state index is 12.3. The van der Waals surface area contributed by atoms with Gasteiger partial charge in [0.25, 0.3) is 0 Å². The molecule has 2 aromatic rings. The lowest BCUT2D eigenvalue weighted by atomic mass is 10.1. The lowest BCUT2D eigenvalue weighted by Gasteiger charge is -2.17. The molecule has 3 rings (SSSR count). The molecule has 2 amide bonds. The van der Waals surface area contributed by atoms with E-state index < -0.39 is 0 Å². The fraction of sp³-hybridized carbons (Fsp3) is 0.300. The van der Waals surface area contributed by atoms with Crippen LogP contribution in [0.25, 0.3) is 0 Å². The Hall–Kier alpha value is -2.33. The second-order valence-electron chi connectivity index (χ2n) is 6.27. The number of amides is 2. The van der Waals surface area contributed by atoms with Crippen molar-refractivity contribution in [1.29, 1.82) is 0 Å². The van der Waals surface area contributed by atoms with Gasteiger partial charge in [0.05, 0.1) is 5.92 Å². The Bertz CT molecular complexity index is 748. The molecule has 0 saturated carbocycles. The highest BCUT2D eigenvalue weighted by Gasteiger charge is 2.34. The Morgan fingerprint density at radius 2 is 1.96 bits per heavy atom. The number of carbonyl (C=O) groups excluding carboxylic acids is 2. The molecule has 1 aliphatic rings. The molecule has 0 bridgehead atoms. The highest BCUT2D eigenvalue weighted by Crippen LogP contribution is 2.27. The zero-order valence-corrected chi connectivity index (χ0v) is 14.7. The smallest absolute Gasteiger partial charge is 0.227 e. The maximum atomic E-state index is 12.3. The second-order valence-corrected chi connectivity index (χ2v) is 6.70. The van der Waals surface area contributed by atoms with Gasteiger partial charge < -0.3 is 10.2 Å². The number of anilines is 1. The average molecular weight is 357 g/mol. The van der Waals surface area contributed by atoms with Crippen molar-refractivity contribution in [3.8, 4) is 0 Å². The van der Waals surface area contributed by atoms with Crippen molar-refractivity contribution in [2.24, 2.45) is 5.92 Å². The van der Waals surface area contributed by atoms with Crippen LogP contribution in [0.2, 0.25) is 5.02 Å². The molecule has 1 saturated heterocycles. The quantitative estimate of drug-likeness (QED) is 0.806. The summed E-state index contributed by atoms with van der Waals surface area (Å²) >= 11 is 5.99. The summed E-state index contributed by atoms with van der Waals surface area (Å²) in [6.07, 6.45) is 2.06. The lowest BCUT2D eigenvalue weighted by Crippen LogP contribution is -2.33. The van der Waals surface area contributed by atoms with E-state index in [4.69, 9.17) is 11.6 Å². The fourth-order valence-electron chi connectivity index (χ4n) is 3.07. The molecule has 1 N–H and O–H groups in total. The minimum absolute atomic E-state index is 0.0355. The Kier molecular flexibility index (Phi) is 5.71. The molecule has 0 spiro atoms. The third-order valence-electron chi connectivity index (χ3n) is 4.40. The Morgan fingerprint density at radius 3 is 2.72 bits per heavy atom. The molecule has 0 aliphatic carbocycles. The first kappa shape index (κ1) is 17.5. The summed E-state index contributed by atoms with van der Waals surface area (Å²) in [5.41, 5.74) is 2.01. The number of nitrogens with one attached hydrogen (secondary N) is 1. The minimum Gasteiger partial charge on any atom is -0.356 e. The molecule has 2 aromatic carbocycles. The van der Waals surface area contributed by atoms with Crippen molar-refractivity contribution in [2.75, 3.05) is 18.0 Å². The van der Waals surface area contributed by atoms with Crippen molar-refractivity contribution < 1.29 is 9.59 Å². The van der Waals surface area contributed by atoms with Gasteiger partial charge in [0.15, 0.2) is 0 Å². The normalized spacial score (nSPS) is 16.9. The van der Waals surface area contributed by atoms with E-state index in [1.54, 1.807) is 17.0 Å². The van der Waals surface area contributed by atoms with E-state index in [2.05, 4.69) is 17.4 Å². The number of hydrogen-bond donors (Lipinski definition) is 1. The summed E-state index contributed by atoms with van der Waals surface area (Å²) in [5, 5.41) is 3.54. The molecule has 0 radical (unpaired) electrons. The summed E-state index contributed by atoms with van der Waals surface area (Å²) in [7, 11) is 0. The standard InChI is InChI=1S/C20H21ClN2O2/c21-17-9-4-10-18(13-17)23-14-16(12-19(23)24)20(25)22-11-5-8-15-6-2-1-3-7-15/h1-4,6-7,9-10,13,16H,5,8,11-12,14H2,(H,22,25)/t16-/m0/s1. The monoisotopic (exact) mass is 356 g/mol. The third-order valence-corrected chi connectivity index (χ3v) is 4.64. The van der Waals surface area contributed by atoms with Crippen LogP contribution in [0.5, 0.6) is 0 Å². The van der Waals surface area contributed by atoms with Crippen LogP contribution in [0, 0.1) is 5.92 Å². The minimum atomic E-state index is -0.303. The number of halogens is 1. The number of nitrogens with zero attached hydrogens (tertiary/aromatic N) is 1. The SMILES string of the molecule is O=C(NCCCc1ccccc1)[C@H]1CC(=O)N(c2cccc(Cl)c2)C1. The number of carbonyl (C=O) groups is 2. The Labute approximate surface area is 152 Å². The zero-order valence-electron chi connectivity index (χ0n) is 14.0. The van der Waals surface area contributed by atoms with Gasteiger partial charge in [-0.1, -0.05) is 48.0 Å². The molecule has 1 aliphatic heterocycles. The Morgan fingerprint density at radius 1 is 1.16 bits per heavy atom. The van der Waals surface area contributed by atoms with E-state index in [1.165, 1.54) is 5.56 Å². The average Bonchev–Trinajstić information content (AvgIpc) is 3.01. The van der Waals surface area contributed by atoms with Gasteiger partial charge in [-0.2, -0.15) is 0 Å². The first-order valence-corrected chi connectivity index (χ1v) is 8.89. The Balaban J connectivity index is 1.47. The van der Waals surface area contributed by atoms with Gasteiger partial charge in [0.1, 0.15) is 0 Å². The van der Waals surface area contributed by atoms with Crippen molar-refractivity contribution in [2.45, 2.75) is 19.3 Å². The van der Waals surface area contributed by atoms with Crippen LogP contribution < -0.4 is 10.2 Å². The third kappa shape index (κ3) is 4.60. The van der Waals surface area contributed by atoms with Crippen LogP contribution in [0.4, 0.5) is 5.69 Å². The van der Waals surface area contributed by atoms with E-state index in [1.807, 2.05) is 30.3 Å². The molecule has 1 fully saturated rings. The topological polar surface area (TPSA) is 49.4 Å². The summed E-state index contributed by atoms with van der Waals surface area (Å²) in [4.78, 5) is 26.2. The van der Waals surface area contributed by atoms with Gasteiger partial charge in [-0.15, -0.1) is 0 Å². The van der Waals surface area contributed by atoms with Crippen LogP contribution in [-0.2, 0) is 16.0 Å². The highest BCUT2D eigenvalue weighted by molar-refractivity contribution is 6.30. The van der Waals surface area contributed by atoms with Crippen LogP contribution in [0.1, 0.15) is 18.4 Å². The van der Waals surface area contributed by atoms with E-state index in [9.17, 15) is 9.59 Å². The number of benzene rings is 2. The molecule has 130 valence electrons. The molecule has 1 atom stereocenters. The maximum Gasteiger partial charge on any atom is 0.227 e. The van der Waals surface area contributed by atoms with Crippen LogP contribution >= 0.6 is 11.6 Å². The fourth-order valence-corrected chi connectivity index (χ4v) is 3.25. The number of aryl methyl sites for hydroxylation is 1. The predicted octanol–water partition coefficient (Wildman–Crippen LogP) is 3.44. The highest BCUT2D eigenvalue weighted by atomic mass is 35.5. The van der Waals surface area contributed by atoms with Crippen molar-refractivity contribution >= 4 is 29.1 Å². The van der Waals surface area contributed by atoms with Crippen molar-refractivity contribution in [1.82, 2.24) is 5.32 Å². The van der Waals surface area contributed by atoms with Crippen LogP contribution in [0.3, 0.4) is 0 Å². The van der Waals surface area contributed by atoms with Crippen LogP contribution in [0.15, 0.2) is 54.6 Å². The van der Waals surface area contributed by atoms with Crippen molar-refractivity contribution in [3.05, 3.63) is 65.2 Å². The first-order valence-electron chi connectivity index (χ1n) is 8.51. The van der Waals surface area contributed by atoms with E-state index in [0.717, 1.165) is 18.5 Å². The zero-order chi connectivity index (χ0) is 17.6. The van der Waals surface area contributed by atoms with Gasteiger partial charge in [-0.25, -0.2) is 0 Å². The molecule has 1 heterocycles. The predicted molar refractivity (Wildman–Crippen MR) is 99.7 cm³/mol. The van der Waals surface area contributed by atoms with Gasteiger partial charge in [0.2, 0.25) is 11.8 Å². The second kappa shape index (κ2) is 8.17. The van der Waals surface area contributed by atoms with Gasteiger partial charge in [-0.05, 0) is 36.6 Å². The summed E-state index contributed by atoms with van der Waals surface area (Å²) in [6.45, 7) is 1.03. The number of rotatable bonds is 6. The van der Waals surface area contributed by atoms with E-state index in [-0.39, 0.29) is 24.2 Å². The molecule has 0 aromatic heterocycles. The van der Waals surface area contributed by atoms with Gasteiger partial charge in [0, 0.05) is 30.2 Å². The van der Waals surface area contributed by atoms with E-state index >= 15 is 0 Å². The molecule has 25 heavy (non-hydrogen) atoms. The molecular weight excluding hydrogens is 336 g/mol. The largest absolute Gasteiger partial charge is 0.356 e. The van der Waals surface area contributed by atoms with E-state index in [0.29, 0.717) is 18.1 Å². The summed E-state index contributed by atoms with van der Waals surface area (Å²) < 4.78 is 0. The summed E-state index contributed by atoms with van der Waals surface area (Å²) in [6, 6.07) is 17.4. The van der Waals surface area contributed by atoms with Crippen molar-refractivity contribution in [3.63, 3.8) is 0 Å². The number of hydrogen-bond acceptors (Lipinski definition) is 2. The van der Waals surface area contributed by atoms with Gasteiger partial charge >= 0.3 is 0 Å². The first-order chi connectivity index (χ1) is 12.1.